The molecule has 0 spiro atoms. The number of anilines is 1. The Morgan fingerprint density at radius 2 is 1.40 bits per heavy atom. The molecule has 0 unspecified atom stereocenters. The highest BCUT2D eigenvalue weighted by molar-refractivity contribution is 7.92. The Labute approximate surface area is 206 Å². The summed E-state index contributed by atoms with van der Waals surface area (Å²) in [7, 11) is -3.73. The van der Waals surface area contributed by atoms with Gasteiger partial charge in [0.25, 0.3) is 10.0 Å². The zero-order valence-corrected chi connectivity index (χ0v) is 20.4. The zero-order chi connectivity index (χ0) is 24.5. The molecule has 2 heterocycles. The Balaban J connectivity index is 1.43. The first-order valence-corrected chi connectivity index (χ1v) is 12.8. The monoisotopic (exact) mass is 488 g/mol. The smallest absolute Gasteiger partial charge is 0.262 e. The molecule has 0 atom stereocenters. The fourth-order valence-corrected chi connectivity index (χ4v) is 4.61. The maximum absolute atomic E-state index is 12.9. The van der Waals surface area contributed by atoms with Crippen molar-refractivity contribution < 1.29 is 13.2 Å². The minimum atomic E-state index is -3.73. The summed E-state index contributed by atoms with van der Waals surface area (Å²) in [5.74, 6) is 0.471. The Kier molecular flexibility index (Phi) is 8.07. The number of sulfonamides is 1. The van der Waals surface area contributed by atoms with Gasteiger partial charge in [0.2, 0.25) is 0 Å². The van der Waals surface area contributed by atoms with Gasteiger partial charge in [-0.05, 0) is 55.5 Å². The number of para-hydroxylation sites is 2. The molecular formula is C27H28N4O3S. The van der Waals surface area contributed by atoms with Gasteiger partial charge in [-0.1, -0.05) is 42.0 Å². The van der Waals surface area contributed by atoms with E-state index in [-0.39, 0.29) is 4.90 Å². The normalized spacial score (nSPS) is 11.4. The first-order valence-electron chi connectivity index (χ1n) is 11.3. The summed E-state index contributed by atoms with van der Waals surface area (Å²) in [6.07, 6.45) is 3.56. The lowest BCUT2D eigenvalue weighted by Crippen LogP contribution is -2.28. The van der Waals surface area contributed by atoms with E-state index in [1.165, 1.54) is 0 Å². The van der Waals surface area contributed by atoms with Crippen molar-refractivity contribution in [1.82, 2.24) is 14.9 Å². The van der Waals surface area contributed by atoms with Gasteiger partial charge in [0.15, 0.2) is 0 Å². The van der Waals surface area contributed by atoms with Gasteiger partial charge in [0.1, 0.15) is 12.4 Å². The van der Waals surface area contributed by atoms with Gasteiger partial charge in [0.05, 0.1) is 22.0 Å². The largest absolute Gasteiger partial charge is 0.490 e. The van der Waals surface area contributed by atoms with Gasteiger partial charge < -0.3 is 4.74 Å². The Morgan fingerprint density at radius 1 is 0.800 bits per heavy atom. The van der Waals surface area contributed by atoms with E-state index in [1.54, 1.807) is 54.9 Å². The molecule has 0 aliphatic carbocycles. The van der Waals surface area contributed by atoms with E-state index in [2.05, 4.69) is 19.6 Å². The van der Waals surface area contributed by atoms with E-state index in [4.69, 9.17) is 4.74 Å². The molecule has 180 valence electrons. The molecule has 1 N–H and O–H groups in total. The third-order valence-electron chi connectivity index (χ3n) is 5.35. The number of benzene rings is 2. The molecule has 0 aliphatic rings. The highest BCUT2D eigenvalue weighted by Crippen LogP contribution is 2.27. The number of aryl methyl sites for hydroxylation is 1. The van der Waals surface area contributed by atoms with Crippen molar-refractivity contribution in [1.29, 1.82) is 0 Å². The lowest BCUT2D eigenvalue weighted by Gasteiger charge is -2.22. The van der Waals surface area contributed by atoms with Crippen LogP contribution in [0, 0.1) is 6.92 Å². The van der Waals surface area contributed by atoms with Gasteiger partial charge in [-0.15, -0.1) is 0 Å². The molecular weight excluding hydrogens is 460 g/mol. The lowest BCUT2D eigenvalue weighted by molar-refractivity contribution is 0.193. The van der Waals surface area contributed by atoms with Crippen molar-refractivity contribution in [3.63, 3.8) is 0 Å². The van der Waals surface area contributed by atoms with Crippen molar-refractivity contribution in [2.75, 3.05) is 17.9 Å². The van der Waals surface area contributed by atoms with E-state index < -0.39 is 10.0 Å². The standard InChI is InChI=1S/C27H28N4O3S/c1-22-12-14-25(15-13-22)35(32,33)30-26-10-2-3-11-27(26)34-19-18-31(20-23-8-4-6-16-28-23)21-24-9-5-7-17-29-24/h2-17,30H,18-21H2,1H3. The maximum Gasteiger partial charge on any atom is 0.262 e. The fraction of sp³-hybridized carbons (Fsp3) is 0.185. The SMILES string of the molecule is Cc1ccc(S(=O)(=O)Nc2ccccc2OCCN(Cc2ccccn2)Cc2ccccn2)cc1. The van der Waals surface area contributed by atoms with Crippen molar-refractivity contribution in [3.05, 3.63) is 114 Å². The van der Waals surface area contributed by atoms with Crippen LogP contribution < -0.4 is 9.46 Å². The third kappa shape index (κ3) is 7.11. The summed E-state index contributed by atoms with van der Waals surface area (Å²) in [5.41, 5.74) is 3.30. The van der Waals surface area contributed by atoms with Crippen LogP contribution in [0.2, 0.25) is 0 Å². The molecule has 2 aromatic carbocycles. The molecule has 4 rings (SSSR count). The summed E-state index contributed by atoms with van der Waals surface area (Å²) in [5, 5.41) is 0. The molecule has 0 bridgehead atoms. The minimum absolute atomic E-state index is 0.204. The summed E-state index contributed by atoms with van der Waals surface area (Å²) < 4.78 is 34.4. The average Bonchev–Trinajstić information content (AvgIpc) is 2.86. The molecule has 0 saturated heterocycles. The second-order valence-corrected chi connectivity index (χ2v) is 9.80. The van der Waals surface area contributed by atoms with Crippen LogP contribution in [-0.2, 0) is 23.1 Å². The number of rotatable bonds is 11. The van der Waals surface area contributed by atoms with Crippen molar-refractivity contribution in [2.45, 2.75) is 24.9 Å². The molecule has 2 aromatic heterocycles. The van der Waals surface area contributed by atoms with Crippen molar-refractivity contribution >= 4 is 15.7 Å². The summed E-state index contributed by atoms with van der Waals surface area (Å²) >= 11 is 0. The van der Waals surface area contributed by atoms with Crippen LogP contribution >= 0.6 is 0 Å². The maximum atomic E-state index is 12.9. The predicted molar refractivity (Wildman–Crippen MR) is 137 cm³/mol. The quantitative estimate of drug-likeness (QED) is 0.330. The van der Waals surface area contributed by atoms with Crippen LogP contribution in [0.1, 0.15) is 17.0 Å². The van der Waals surface area contributed by atoms with Crippen LogP contribution in [0.5, 0.6) is 5.75 Å². The van der Waals surface area contributed by atoms with Gasteiger partial charge in [-0.25, -0.2) is 8.42 Å². The molecule has 0 amide bonds. The van der Waals surface area contributed by atoms with Crippen molar-refractivity contribution in [3.8, 4) is 5.75 Å². The molecule has 0 radical (unpaired) electrons. The second-order valence-electron chi connectivity index (χ2n) is 8.12. The lowest BCUT2D eigenvalue weighted by atomic mass is 10.2. The van der Waals surface area contributed by atoms with E-state index in [1.807, 2.05) is 49.4 Å². The molecule has 8 heteroatoms. The second kappa shape index (κ2) is 11.6. The minimum Gasteiger partial charge on any atom is -0.490 e. The Bertz CT molecular complexity index is 1270. The molecule has 0 aliphatic heterocycles. The molecule has 0 fully saturated rings. The number of aromatic nitrogens is 2. The average molecular weight is 489 g/mol. The van der Waals surface area contributed by atoms with Crippen LogP contribution in [0.3, 0.4) is 0 Å². The molecule has 35 heavy (non-hydrogen) atoms. The molecule has 4 aromatic rings. The third-order valence-corrected chi connectivity index (χ3v) is 6.73. The number of nitrogens with zero attached hydrogens (tertiary/aromatic N) is 3. The van der Waals surface area contributed by atoms with Gasteiger partial charge >= 0.3 is 0 Å². The van der Waals surface area contributed by atoms with E-state index in [0.717, 1.165) is 17.0 Å². The van der Waals surface area contributed by atoms with Gasteiger partial charge in [-0.3, -0.25) is 19.6 Å². The summed E-state index contributed by atoms with van der Waals surface area (Å²) in [6.45, 7) is 4.16. The van der Waals surface area contributed by atoms with Crippen LogP contribution in [0.4, 0.5) is 5.69 Å². The molecule has 0 saturated carbocycles. The Morgan fingerprint density at radius 3 is 2.00 bits per heavy atom. The van der Waals surface area contributed by atoms with Crippen LogP contribution in [0.15, 0.2) is 102 Å². The highest BCUT2D eigenvalue weighted by Gasteiger charge is 2.17. The van der Waals surface area contributed by atoms with Crippen LogP contribution in [0.25, 0.3) is 0 Å². The van der Waals surface area contributed by atoms with Crippen LogP contribution in [-0.4, -0.2) is 36.4 Å². The number of hydrogen-bond donors (Lipinski definition) is 1. The highest BCUT2D eigenvalue weighted by atomic mass is 32.2. The van der Waals surface area contributed by atoms with E-state index in [9.17, 15) is 8.42 Å². The van der Waals surface area contributed by atoms with Gasteiger partial charge in [0, 0.05) is 32.0 Å². The number of pyridine rings is 2. The fourth-order valence-electron chi connectivity index (χ4n) is 3.54. The topological polar surface area (TPSA) is 84.4 Å². The molecule has 7 nitrogen and oxygen atoms in total. The number of hydrogen-bond acceptors (Lipinski definition) is 6. The summed E-state index contributed by atoms with van der Waals surface area (Å²) in [6, 6.07) is 25.5. The predicted octanol–water partition coefficient (Wildman–Crippen LogP) is 4.67. The van der Waals surface area contributed by atoms with Gasteiger partial charge in [-0.2, -0.15) is 0 Å². The first-order chi connectivity index (χ1) is 17.0. The first kappa shape index (κ1) is 24.4. The van der Waals surface area contributed by atoms with E-state index in [0.29, 0.717) is 37.7 Å². The van der Waals surface area contributed by atoms with E-state index >= 15 is 0 Å². The summed E-state index contributed by atoms with van der Waals surface area (Å²) in [4.78, 5) is 11.3. The number of nitrogens with one attached hydrogen (secondary N) is 1. The number of ether oxygens (including phenoxy) is 1. The van der Waals surface area contributed by atoms with Crippen molar-refractivity contribution in [2.24, 2.45) is 0 Å². The Hall–Kier alpha value is -3.75. The zero-order valence-electron chi connectivity index (χ0n) is 19.5.